The first kappa shape index (κ1) is 18.9. The molecule has 27 heavy (non-hydrogen) atoms. The summed E-state index contributed by atoms with van der Waals surface area (Å²) >= 11 is 0. The van der Waals surface area contributed by atoms with Gasteiger partial charge in [-0.25, -0.2) is 0 Å². The zero-order chi connectivity index (χ0) is 18.4. The summed E-state index contributed by atoms with van der Waals surface area (Å²) in [5.74, 6) is -0.967. The van der Waals surface area contributed by atoms with Gasteiger partial charge in [0.05, 0.1) is 17.2 Å². The van der Waals surface area contributed by atoms with Crippen LogP contribution in [-0.4, -0.2) is 29.7 Å². The Kier molecular flexibility index (Phi) is 4.93. The molecule has 0 radical (unpaired) electrons. The van der Waals surface area contributed by atoms with Crippen molar-refractivity contribution in [2.45, 2.75) is 25.3 Å². The molecule has 0 aromatic heterocycles. The topological polar surface area (TPSA) is 92.5 Å². The van der Waals surface area contributed by atoms with Crippen molar-refractivity contribution < 1.29 is 14.4 Å². The van der Waals surface area contributed by atoms with Crippen LogP contribution in [0.3, 0.4) is 0 Å². The highest BCUT2D eigenvalue weighted by Gasteiger charge is 2.33. The molecule has 2 aromatic rings. The molecule has 7 heteroatoms. The van der Waals surface area contributed by atoms with Crippen LogP contribution in [0.25, 0.3) is 0 Å². The molecule has 1 heterocycles. The Morgan fingerprint density at radius 2 is 1.85 bits per heavy atom. The summed E-state index contributed by atoms with van der Waals surface area (Å²) in [6.45, 7) is 0. The van der Waals surface area contributed by atoms with Crippen molar-refractivity contribution >= 4 is 35.8 Å². The van der Waals surface area contributed by atoms with Gasteiger partial charge in [-0.15, -0.1) is 12.4 Å². The minimum atomic E-state index is -0.377. The Hall–Kier alpha value is -2.86. The average molecular weight is 386 g/mol. The molecular weight excluding hydrogens is 366 g/mol. The normalized spacial score (nSPS) is 17.8. The largest absolute Gasteiger partial charge is 0.399 e. The summed E-state index contributed by atoms with van der Waals surface area (Å²) < 4.78 is 0. The first-order valence-corrected chi connectivity index (χ1v) is 8.61. The summed E-state index contributed by atoms with van der Waals surface area (Å²) in [6, 6.07) is 10.3. The van der Waals surface area contributed by atoms with Gasteiger partial charge in [0.25, 0.3) is 17.7 Å². The van der Waals surface area contributed by atoms with Crippen LogP contribution in [0.5, 0.6) is 0 Å². The number of carbonyl (C=O) groups is 3. The van der Waals surface area contributed by atoms with E-state index in [0.29, 0.717) is 11.1 Å². The third-order valence-electron chi connectivity index (χ3n) is 5.14. The maximum Gasteiger partial charge on any atom is 0.261 e. The van der Waals surface area contributed by atoms with Crippen molar-refractivity contribution in [3.05, 3.63) is 64.2 Å². The van der Waals surface area contributed by atoms with E-state index in [4.69, 9.17) is 5.73 Å². The monoisotopic (exact) mass is 385 g/mol. The predicted octanol–water partition coefficient (Wildman–Crippen LogP) is 2.72. The Bertz CT molecular complexity index is 957. The average Bonchev–Trinajstić information content (AvgIpc) is 2.85. The number of anilines is 1. The van der Waals surface area contributed by atoms with Crippen LogP contribution in [0.2, 0.25) is 0 Å². The number of hydrogen-bond acceptors (Lipinski definition) is 4. The van der Waals surface area contributed by atoms with Gasteiger partial charge in [-0.05, 0) is 60.7 Å². The summed E-state index contributed by atoms with van der Waals surface area (Å²) in [6.07, 6.45) is 2.78. The fourth-order valence-electron chi connectivity index (χ4n) is 3.73. The number of nitrogens with two attached hydrogens (primary N) is 1. The lowest BCUT2D eigenvalue weighted by Gasteiger charge is -2.26. The Balaban J connectivity index is 0.00000210. The summed E-state index contributed by atoms with van der Waals surface area (Å²) in [7, 11) is 1.44. The number of imide groups is 1. The second-order valence-corrected chi connectivity index (χ2v) is 6.81. The number of hydrogen-bond donors (Lipinski definition) is 2. The second-order valence-electron chi connectivity index (χ2n) is 6.81. The first-order chi connectivity index (χ1) is 12.5. The van der Waals surface area contributed by atoms with Crippen molar-refractivity contribution in [2.24, 2.45) is 0 Å². The van der Waals surface area contributed by atoms with E-state index >= 15 is 0 Å². The van der Waals surface area contributed by atoms with Gasteiger partial charge >= 0.3 is 0 Å². The Labute approximate surface area is 163 Å². The molecule has 0 bridgehead atoms. The molecule has 2 aromatic carbocycles. The van der Waals surface area contributed by atoms with E-state index in [1.807, 2.05) is 18.2 Å². The molecule has 3 amide bonds. The van der Waals surface area contributed by atoms with Crippen LogP contribution < -0.4 is 11.1 Å². The van der Waals surface area contributed by atoms with E-state index in [9.17, 15) is 14.4 Å². The van der Waals surface area contributed by atoms with Crippen molar-refractivity contribution in [3.8, 4) is 0 Å². The van der Waals surface area contributed by atoms with Gasteiger partial charge in [0.1, 0.15) is 0 Å². The number of rotatable bonds is 2. The molecule has 0 saturated carbocycles. The summed E-state index contributed by atoms with van der Waals surface area (Å²) in [4.78, 5) is 37.9. The van der Waals surface area contributed by atoms with E-state index in [1.54, 1.807) is 12.1 Å². The predicted molar refractivity (Wildman–Crippen MR) is 104 cm³/mol. The number of aryl methyl sites for hydroxylation is 1. The second kappa shape index (κ2) is 7.04. The van der Waals surface area contributed by atoms with E-state index in [-0.39, 0.29) is 41.7 Å². The van der Waals surface area contributed by atoms with E-state index in [2.05, 4.69) is 5.32 Å². The van der Waals surface area contributed by atoms with Crippen molar-refractivity contribution in [1.29, 1.82) is 0 Å². The maximum atomic E-state index is 12.7. The third kappa shape index (κ3) is 3.17. The molecule has 1 unspecified atom stereocenters. The van der Waals surface area contributed by atoms with Gasteiger partial charge in [-0.3, -0.25) is 19.3 Å². The van der Waals surface area contributed by atoms with Gasteiger partial charge < -0.3 is 11.1 Å². The zero-order valence-electron chi connectivity index (χ0n) is 14.8. The van der Waals surface area contributed by atoms with E-state index in [1.165, 1.54) is 13.1 Å². The highest BCUT2D eigenvalue weighted by atomic mass is 35.5. The van der Waals surface area contributed by atoms with Gasteiger partial charge in [-0.1, -0.05) is 6.07 Å². The lowest BCUT2D eigenvalue weighted by Crippen LogP contribution is -2.31. The molecule has 3 N–H and O–H groups in total. The minimum absolute atomic E-state index is 0. The van der Waals surface area contributed by atoms with Crippen LogP contribution in [0.4, 0.5) is 5.69 Å². The van der Waals surface area contributed by atoms with Crippen LogP contribution >= 0.6 is 12.4 Å². The Morgan fingerprint density at radius 1 is 1.11 bits per heavy atom. The van der Waals surface area contributed by atoms with Crippen molar-refractivity contribution in [3.63, 3.8) is 0 Å². The molecule has 1 aliphatic heterocycles. The quantitative estimate of drug-likeness (QED) is 0.614. The third-order valence-corrected chi connectivity index (χ3v) is 5.14. The molecule has 1 aliphatic carbocycles. The lowest BCUT2D eigenvalue weighted by atomic mass is 9.87. The first-order valence-electron chi connectivity index (χ1n) is 8.61. The number of carbonyl (C=O) groups excluding carboxylic acids is 3. The number of halogens is 1. The van der Waals surface area contributed by atoms with Gasteiger partial charge in [0.15, 0.2) is 0 Å². The minimum Gasteiger partial charge on any atom is -0.399 e. The standard InChI is InChI=1S/C20H19N3O3.ClH/c1-23-19(25)15-7-5-12(10-16(15)20(23)26)18(24)22-17-4-2-3-11-9-13(21)6-8-14(11)17;/h5-10,17H,2-4,21H2,1H3,(H,22,24);1H. The van der Waals surface area contributed by atoms with Crippen molar-refractivity contribution in [2.75, 3.05) is 12.8 Å². The fraction of sp³-hybridized carbons (Fsp3) is 0.250. The zero-order valence-corrected chi connectivity index (χ0v) is 15.6. The number of benzene rings is 2. The highest BCUT2D eigenvalue weighted by Crippen LogP contribution is 2.31. The summed E-state index contributed by atoms with van der Waals surface area (Å²) in [5.41, 5.74) is 9.83. The fourth-order valence-corrected chi connectivity index (χ4v) is 3.73. The molecule has 1 atom stereocenters. The molecule has 0 spiro atoms. The molecule has 0 saturated heterocycles. The SMILES string of the molecule is CN1C(=O)c2ccc(C(=O)NC3CCCc4cc(N)ccc43)cc2C1=O.Cl. The molecule has 6 nitrogen and oxygen atoms in total. The number of nitrogen functional groups attached to an aromatic ring is 1. The van der Waals surface area contributed by atoms with Crippen LogP contribution in [-0.2, 0) is 6.42 Å². The number of fused-ring (bicyclic) bond motifs is 2. The number of amides is 3. The number of nitrogens with zero attached hydrogens (tertiary/aromatic N) is 1. The van der Waals surface area contributed by atoms with E-state index < -0.39 is 0 Å². The van der Waals surface area contributed by atoms with Crippen molar-refractivity contribution in [1.82, 2.24) is 10.2 Å². The Morgan fingerprint density at radius 3 is 2.63 bits per heavy atom. The molecule has 140 valence electrons. The highest BCUT2D eigenvalue weighted by molar-refractivity contribution is 6.21. The molecule has 0 fully saturated rings. The molecular formula is C20H20ClN3O3. The lowest BCUT2D eigenvalue weighted by molar-refractivity contribution is 0.0693. The molecule has 4 rings (SSSR count). The number of nitrogens with one attached hydrogen (secondary N) is 1. The van der Waals surface area contributed by atoms with Crippen LogP contribution in [0.1, 0.15) is 61.1 Å². The molecule has 2 aliphatic rings. The van der Waals surface area contributed by atoms with Gasteiger partial charge in [-0.2, -0.15) is 0 Å². The van der Waals surface area contributed by atoms with Crippen LogP contribution in [0.15, 0.2) is 36.4 Å². The van der Waals surface area contributed by atoms with Gasteiger partial charge in [0, 0.05) is 18.3 Å². The van der Waals surface area contributed by atoms with Gasteiger partial charge in [0.2, 0.25) is 0 Å². The summed E-state index contributed by atoms with van der Waals surface area (Å²) in [5, 5.41) is 3.05. The maximum absolute atomic E-state index is 12.7. The van der Waals surface area contributed by atoms with Crippen LogP contribution in [0, 0.1) is 0 Å². The smallest absolute Gasteiger partial charge is 0.261 e. The van der Waals surface area contributed by atoms with E-state index in [0.717, 1.165) is 41.0 Å².